The number of hydrogen-bond donors (Lipinski definition) is 1. The number of carbonyl (C=O) groups excluding carboxylic acids is 1. The molecule has 0 aliphatic carbocycles. The molecule has 29 heavy (non-hydrogen) atoms. The molecule has 2 aromatic heterocycles. The maximum Gasteiger partial charge on any atom is 0.273 e. The molecule has 0 bridgehead atoms. The first-order chi connectivity index (χ1) is 14.1. The molecule has 0 fully saturated rings. The van der Waals surface area contributed by atoms with Crippen LogP contribution in [0.4, 0.5) is 0 Å². The second-order valence-electron chi connectivity index (χ2n) is 6.11. The fraction of sp³-hybridized carbons (Fsp3) is 0. The summed E-state index contributed by atoms with van der Waals surface area (Å²) < 4.78 is 7.60. The smallest absolute Gasteiger partial charge is 0.273 e. The molecule has 4 aromatic rings. The summed E-state index contributed by atoms with van der Waals surface area (Å²) in [7, 11) is 0. The van der Waals surface area contributed by atoms with Gasteiger partial charge in [-0.3, -0.25) is 4.79 Å². The quantitative estimate of drug-likeness (QED) is 0.325. The van der Waals surface area contributed by atoms with Crippen molar-refractivity contribution in [1.82, 2.24) is 9.99 Å². The number of furan rings is 1. The van der Waals surface area contributed by atoms with Crippen LogP contribution in [0.15, 0.2) is 88.6 Å². The van der Waals surface area contributed by atoms with Gasteiger partial charge in [0.05, 0.1) is 27.5 Å². The Morgan fingerprint density at radius 2 is 1.76 bits per heavy atom. The summed E-state index contributed by atoms with van der Waals surface area (Å²) in [6, 6.07) is 19.9. The largest absolute Gasteiger partial charge is 0.455 e. The van der Waals surface area contributed by atoms with E-state index in [0.717, 1.165) is 5.69 Å². The van der Waals surface area contributed by atoms with E-state index < -0.39 is 0 Å². The molecule has 1 N–H and O–H groups in total. The van der Waals surface area contributed by atoms with Crippen molar-refractivity contribution in [2.24, 2.45) is 5.10 Å². The van der Waals surface area contributed by atoms with Crippen LogP contribution in [0, 0.1) is 0 Å². The Labute approximate surface area is 177 Å². The van der Waals surface area contributed by atoms with Crippen molar-refractivity contribution in [1.29, 1.82) is 0 Å². The highest BCUT2D eigenvalue weighted by Crippen LogP contribution is 2.34. The second-order valence-corrected chi connectivity index (χ2v) is 6.90. The van der Waals surface area contributed by atoms with E-state index in [2.05, 4.69) is 10.5 Å². The van der Waals surface area contributed by atoms with Gasteiger partial charge in [-0.2, -0.15) is 5.10 Å². The van der Waals surface area contributed by atoms with E-state index in [0.29, 0.717) is 32.7 Å². The van der Waals surface area contributed by atoms with Crippen molar-refractivity contribution in [3.8, 4) is 17.0 Å². The molecule has 0 radical (unpaired) electrons. The Morgan fingerprint density at radius 1 is 0.966 bits per heavy atom. The SMILES string of the molecule is O=C(N/N=C\c1ccc(-c2cccc(Cl)c2Cl)o1)c1ccccc1-n1cccc1. The van der Waals surface area contributed by atoms with Gasteiger partial charge in [0.15, 0.2) is 0 Å². The topological polar surface area (TPSA) is 59.5 Å². The second kappa shape index (κ2) is 8.39. The summed E-state index contributed by atoms with van der Waals surface area (Å²) in [6.45, 7) is 0. The fourth-order valence-electron chi connectivity index (χ4n) is 2.86. The standard InChI is InChI=1S/C22H15Cl2N3O2/c23-18-8-5-7-17(21(18)24)20-11-10-15(29-20)14-25-26-22(28)16-6-1-2-9-19(16)27-12-3-4-13-27/h1-14H,(H,26,28)/b25-14-. The van der Waals surface area contributed by atoms with Crippen LogP contribution >= 0.6 is 23.2 Å². The van der Waals surface area contributed by atoms with Gasteiger partial charge in [0.2, 0.25) is 0 Å². The predicted octanol–water partition coefficient (Wildman–Crippen LogP) is 5.81. The Hall–Kier alpha value is -3.28. The summed E-state index contributed by atoms with van der Waals surface area (Å²) in [6.07, 6.45) is 5.18. The summed E-state index contributed by atoms with van der Waals surface area (Å²) in [5.74, 6) is 0.702. The first-order valence-electron chi connectivity index (χ1n) is 8.73. The van der Waals surface area contributed by atoms with E-state index in [1.54, 1.807) is 36.4 Å². The van der Waals surface area contributed by atoms with Crippen molar-refractivity contribution < 1.29 is 9.21 Å². The zero-order chi connectivity index (χ0) is 20.2. The van der Waals surface area contributed by atoms with Crippen molar-refractivity contribution in [3.05, 3.63) is 100 Å². The highest BCUT2D eigenvalue weighted by atomic mass is 35.5. The average molecular weight is 424 g/mol. The number of rotatable bonds is 5. The van der Waals surface area contributed by atoms with E-state index in [9.17, 15) is 4.79 Å². The Kier molecular flexibility index (Phi) is 5.51. The van der Waals surface area contributed by atoms with E-state index in [1.807, 2.05) is 47.3 Å². The molecule has 0 aliphatic heterocycles. The van der Waals surface area contributed by atoms with E-state index in [4.69, 9.17) is 27.6 Å². The number of hydrogen-bond acceptors (Lipinski definition) is 3. The number of nitrogens with zero attached hydrogens (tertiary/aromatic N) is 2. The number of nitrogens with one attached hydrogen (secondary N) is 1. The third-order valence-electron chi connectivity index (χ3n) is 4.23. The van der Waals surface area contributed by atoms with Gasteiger partial charge in [0.1, 0.15) is 11.5 Å². The molecule has 7 heteroatoms. The van der Waals surface area contributed by atoms with Gasteiger partial charge in [-0.25, -0.2) is 5.43 Å². The summed E-state index contributed by atoms with van der Waals surface area (Å²) in [5, 5.41) is 4.87. The lowest BCUT2D eigenvalue weighted by Gasteiger charge is -2.08. The van der Waals surface area contributed by atoms with Gasteiger partial charge in [-0.1, -0.05) is 41.4 Å². The van der Waals surface area contributed by atoms with Crippen molar-refractivity contribution >= 4 is 35.3 Å². The molecule has 1 amide bonds. The van der Waals surface area contributed by atoms with Gasteiger partial charge in [0.25, 0.3) is 5.91 Å². The monoisotopic (exact) mass is 423 g/mol. The number of carbonyl (C=O) groups is 1. The first-order valence-corrected chi connectivity index (χ1v) is 9.49. The summed E-state index contributed by atoms with van der Waals surface area (Å²) in [4.78, 5) is 12.6. The van der Waals surface area contributed by atoms with Crippen LogP contribution in [-0.4, -0.2) is 16.7 Å². The van der Waals surface area contributed by atoms with E-state index in [1.165, 1.54) is 6.21 Å². The average Bonchev–Trinajstić information content (AvgIpc) is 3.42. The third kappa shape index (κ3) is 4.11. The number of hydrazone groups is 1. The van der Waals surface area contributed by atoms with E-state index >= 15 is 0 Å². The summed E-state index contributed by atoms with van der Waals surface area (Å²) in [5.41, 5.74) is 4.48. The number of halogens is 2. The lowest BCUT2D eigenvalue weighted by atomic mass is 10.1. The molecule has 0 unspecified atom stereocenters. The fourth-order valence-corrected chi connectivity index (χ4v) is 3.26. The zero-order valence-electron chi connectivity index (χ0n) is 15.0. The van der Waals surface area contributed by atoms with Gasteiger partial charge < -0.3 is 8.98 Å². The van der Waals surface area contributed by atoms with Crippen LogP contribution in [0.3, 0.4) is 0 Å². The Balaban J connectivity index is 1.49. The van der Waals surface area contributed by atoms with Crippen molar-refractivity contribution in [2.75, 3.05) is 0 Å². The molecule has 0 spiro atoms. The maximum atomic E-state index is 12.6. The number of para-hydroxylation sites is 1. The minimum atomic E-state index is -0.324. The van der Waals surface area contributed by atoms with Gasteiger partial charge >= 0.3 is 0 Å². The molecule has 0 saturated heterocycles. The highest BCUT2D eigenvalue weighted by molar-refractivity contribution is 6.43. The molecule has 144 valence electrons. The van der Waals surface area contributed by atoms with Crippen LogP contribution in [0.1, 0.15) is 16.1 Å². The van der Waals surface area contributed by atoms with Gasteiger partial charge in [-0.05, 0) is 48.5 Å². The zero-order valence-corrected chi connectivity index (χ0v) is 16.6. The van der Waals surface area contributed by atoms with Crippen LogP contribution in [0.25, 0.3) is 17.0 Å². The number of aromatic nitrogens is 1. The van der Waals surface area contributed by atoms with Crippen LogP contribution in [-0.2, 0) is 0 Å². The van der Waals surface area contributed by atoms with Crippen LogP contribution in [0.5, 0.6) is 0 Å². The minimum absolute atomic E-state index is 0.324. The first kappa shape index (κ1) is 19.1. The normalized spacial score (nSPS) is 11.1. The van der Waals surface area contributed by atoms with E-state index in [-0.39, 0.29) is 5.91 Å². The third-order valence-corrected chi connectivity index (χ3v) is 5.05. The highest BCUT2D eigenvalue weighted by Gasteiger charge is 2.12. The molecule has 5 nitrogen and oxygen atoms in total. The Bertz CT molecular complexity index is 1180. The van der Waals surface area contributed by atoms with Crippen LogP contribution in [0.2, 0.25) is 10.0 Å². The minimum Gasteiger partial charge on any atom is -0.455 e. The molecule has 0 atom stereocenters. The maximum absolute atomic E-state index is 12.6. The summed E-state index contributed by atoms with van der Waals surface area (Å²) >= 11 is 12.3. The van der Waals surface area contributed by atoms with Crippen molar-refractivity contribution in [2.45, 2.75) is 0 Å². The molecular weight excluding hydrogens is 409 g/mol. The molecule has 2 aromatic carbocycles. The molecule has 4 rings (SSSR count). The number of benzene rings is 2. The molecular formula is C22H15Cl2N3O2. The van der Waals surface area contributed by atoms with Crippen molar-refractivity contribution in [3.63, 3.8) is 0 Å². The van der Waals surface area contributed by atoms with Gasteiger partial charge in [0, 0.05) is 18.0 Å². The molecule has 0 saturated carbocycles. The van der Waals surface area contributed by atoms with Crippen LogP contribution < -0.4 is 5.43 Å². The lowest BCUT2D eigenvalue weighted by Crippen LogP contribution is -2.19. The number of amides is 1. The lowest BCUT2D eigenvalue weighted by molar-refractivity contribution is 0.0955. The molecule has 2 heterocycles. The Morgan fingerprint density at radius 3 is 2.59 bits per heavy atom. The van der Waals surface area contributed by atoms with Gasteiger partial charge in [-0.15, -0.1) is 0 Å². The molecule has 0 aliphatic rings. The predicted molar refractivity (Wildman–Crippen MR) is 115 cm³/mol.